The van der Waals surface area contributed by atoms with E-state index >= 15 is 0 Å². The van der Waals surface area contributed by atoms with Gasteiger partial charge in [-0.25, -0.2) is 0 Å². The second kappa shape index (κ2) is 5.98. The van der Waals surface area contributed by atoms with Crippen LogP contribution in [0.25, 0.3) is 0 Å². The number of hydrogen-bond acceptors (Lipinski definition) is 2. The van der Waals surface area contributed by atoms with Crippen LogP contribution >= 0.6 is 11.6 Å². The maximum absolute atomic E-state index is 12.6. The zero-order valence-corrected chi connectivity index (χ0v) is 12.5. The molecule has 1 atom stereocenters. The summed E-state index contributed by atoms with van der Waals surface area (Å²) < 4.78 is 64.6. The minimum Gasteiger partial charge on any atom is -0.195 e. The Morgan fingerprint density at radius 3 is 2.35 bits per heavy atom. The average molecular weight is 335 g/mol. The van der Waals surface area contributed by atoms with Crippen LogP contribution in [0.5, 0.6) is 0 Å². The monoisotopic (exact) mass is 334 g/mol. The fourth-order valence-corrected chi connectivity index (χ4v) is 4.99. The van der Waals surface area contributed by atoms with Gasteiger partial charge in [0.2, 0.25) is 0 Å². The Kier molecular flexibility index (Phi) is 4.88. The van der Waals surface area contributed by atoms with Crippen LogP contribution in [-0.4, -0.2) is 54.3 Å². The lowest BCUT2D eigenvalue weighted by Gasteiger charge is -2.37. The van der Waals surface area contributed by atoms with Crippen LogP contribution in [0.2, 0.25) is 0 Å². The minimum atomic E-state index is -4.53. The van der Waals surface area contributed by atoms with E-state index in [2.05, 4.69) is 0 Å². The Balaban J connectivity index is 2.21. The molecule has 9 heteroatoms. The molecule has 4 nitrogen and oxygen atoms in total. The van der Waals surface area contributed by atoms with E-state index in [-0.39, 0.29) is 12.4 Å². The maximum atomic E-state index is 12.6. The van der Waals surface area contributed by atoms with Gasteiger partial charge in [0.25, 0.3) is 10.2 Å². The third kappa shape index (κ3) is 3.78. The molecule has 0 N–H and O–H groups in total. The molecule has 118 valence electrons. The van der Waals surface area contributed by atoms with Crippen LogP contribution in [0.15, 0.2) is 0 Å². The van der Waals surface area contributed by atoms with E-state index in [4.69, 9.17) is 11.6 Å². The van der Waals surface area contributed by atoms with Crippen molar-refractivity contribution in [2.75, 3.05) is 19.0 Å². The molecule has 0 amide bonds. The molecule has 0 aromatic rings. The largest absolute Gasteiger partial charge is 0.402 e. The highest BCUT2D eigenvalue weighted by Gasteiger charge is 2.47. The molecule has 1 unspecified atom stereocenters. The van der Waals surface area contributed by atoms with Crippen LogP contribution in [-0.2, 0) is 10.2 Å². The summed E-state index contributed by atoms with van der Waals surface area (Å²) in [5.41, 5.74) is 0. The van der Waals surface area contributed by atoms with Gasteiger partial charge >= 0.3 is 6.18 Å². The van der Waals surface area contributed by atoms with Crippen molar-refractivity contribution in [1.29, 1.82) is 0 Å². The second-order valence-electron chi connectivity index (χ2n) is 5.31. The first-order chi connectivity index (χ1) is 9.25. The molecule has 1 saturated heterocycles. The molecule has 1 aliphatic carbocycles. The molecule has 0 aromatic carbocycles. The van der Waals surface area contributed by atoms with E-state index in [0.29, 0.717) is 30.0 Å². The van der Waals surface area contributed by atoms with E-state index in [1.54, 1.807) is 0 Å². The summed E-state index contributed by atoms with van der Waals surface area (Å²) in [6.07, 6.45) is -1.41. The van der Waals surface area contributed by atoms with E-state index in [9.17, 15) is 21.6 Å². The van der Waals surface area contributed by atoms with E-state index in [0.717, 1.165) is 10.7 Å². The van der Waals surface area contributed by atoms with Gasteiger partial charge in [-0.2, -0.15) is 30.2 Å². The van der Waals surface area contributed by atoms with Crippen molar-refractivity contribution in [3.05, 3.63) is 0 Å². The van der Waals surface area contributed by atoms with Gasteiger partial charge < -0.3 is 0 Å². The molecule has 1 aliphatic heterocycles. The lowest BCUT2D eigenvalue weighted by atomic mass is 10.1. The number of hydrogen-bond donors (Lipinski definition) is 0. The van der Waals surface area contributed by atoms with Gasteiger partial charge in [0.05, 0.1) is 0 Å². The fourth-order valence-electron chi connectivity index (χ4n) is 2.51. The standard InChI is InChI=1S/C11H18ClF3N2O2S/c12-7-10-3-1-2-6-16(10)20(18,19)17(9-4-5-9)8-11(13,14)15/h9-10H,1-8H2. The van der Waals surface area contributed by atoms with Gasteiger partial charge in [0, 0.05) is 24.5 Å². The summed E-state index contributed by atoms with van der Waals surface area (Å²) in [7, 11) is -4.09. The lowest BCUT2D eigenvalue weighted by molar-refractivity contribution is -0.137. The summed E-state index contributed by atoms with van der Waals surface area (Å²) in [4.78, 5) is 0. The van der Waals surface area contributed by atoms with Crippen molar-refractivity contribution in [1.82, 2.24) is 8.61 Å². The van der Waals surface area contributed by atoms with Crippen molar-refractivity contribution in [3.63, 3.8) is 0 Å². The highest BCUT2D eigenvalue weighted by Crippen LogP contribution is 2.35. The van der Waals surface area contributed by atoms with Crippen molar-refractivity contribution in [2.45, 2.75) is 50.4 Å². The normalized spacial score (nSPS) is 26.1. The highest BCUT2D eigenvalue weighted by atomic mass is 35.5. The second-order valence-corrected chi connectivity index (χ2v) is 7.46. The number of rotatable bonds is 5. The van der Waals surface area contributed by atoms with Crippen molar-refractivity contribution in [2.24, 2.45) is 0 Å². The third-order valence-electron chi connectivity index (χ3n) is 3.63. The quantitative estimate of drug-likeness (QED) is 0.724. The van der Waals surface area contributed by atoms with Crippen molar-refractivity contribution in [3.8, 4) is 0 Å². The Hall–Kier alpha value is -0.0500. The number of halogens is 4. The minimum absolute atomic E-state index is 0.115. The van der Waals surface area contributed by atoms with Crippen LogP contribution in [0.4, 0.5) is 13.2 Å². The average Bonchev–Trinajstić information content (AvgIpc) is 3.19. The predicted octanol–water partition coefficient (Wildman–Crippen LogP) is 2.35. The zero-order chi connectivity index (χ0) is 15.0. The topological polar surface area (TPSA) is 40.6 Å². The smallest absolute Gasteiger partial charge is 0.195 e. The fraction of sp³-hybridized carbons (Fsp3) is 1.00. The Morgan fingerprint density at radius 2 is 1.85 bits per heavy atom. The maximum Gasteiger partial charge on any atom is 0.402 e. The van der Waals surface area contributed by atoms with Crippen LogP contribution in [0, 0.1) is 0 Å². The van der Waals surface area contributed by atoms with Crippen molar-refractivity contribution < 1.29 is 21.6 Å². The van der Waals surface area contributed by atoms with Crippen LogP contribution < -0.4 is 0 Å². The van der Waals surface area contributed by atoms with Gasteiger partial charge in [-0.1, -0.05) is 6.42 Å². The summed E-state index contributed by atoms with van der Waals surface area (Å²) in [5.74, 6) is 0.115. The Labute approximate surface area is 122 Å². The van der Waals surface area contributed by atoms with E-state index < -0.39 is 35.0 Å². The summed E-state index contributed by atoms with van der Waals surface area (Å²) >= 11 is 5.77. The first-order valence-electron chi connectivity index (χ1n) is 6.67. The van der Waals surface area contributed by atoms with Gasteiger partial charge in [-0.15, -0.1) is 11.6 Å². The first kappa shape index (κ1) is 16.3. The number of piperidine rings is 1. The molecule has 2 rings (SSSR count). The first-order valence-corrected chi connectivity index (χ1v) is 8.60. The molecule has 1 heterocycles. The third-order valence-corrected chi connectivity index (χ3v) is 6.08. The molecular weight excluding hydrogens is 317 g/mol. The highest BCUT2D eigenvalue weighted by molar-refractivity contribution is 7.86. The Morgan fingerprint density at radius 1 is 1.20 bits per heavy atom. The molecule has 0 aromatic heterocycles. The molecule has 1 saturated carbocycles. The zero-order valence-electron chi connectivity index (χ0n) is 10.9. The molecule has 0 radical (unpaired) electrons. The molecule has 0 spiro atoms. The molecule has 20 heavy (non-hydrogen) atoms. The summed E-state index contributed by atoms with van der Waals surface area (Å²) in [6.45, 7) is -1.16. The van der Waals surface area contributed by atoms with Crippen molar-refractivity contribution >= 4 is 21.8 Å². The number of alkyl halides is 4. The van der Waals surface area contributed by atoms with E-state index in [1.807, 2.05) is 0 Å². The van der Waals surface area contributed by atoms with Gasteiger partial charge in [0.15, 0.2) is 0 Å². The Bertz CT molecular complexity index is 439. The van der Waals surface area contributed by atoms with Gasteiger partial charge in [-0.3, -0.25) is 0 Å². The van der Waals surface area contributed by atoms with E-state index in [1.165, 1.54) is 0 Å². The summed E-state index contributed by atoms with van der Waals surface area (Å²) in [6, 6.07) is -0.913. The number of nitrogens with zero attached hydrogens (tertiary/aromatic N) is 2. The molecular formula is C11H18ClF3N2O2S. The molecule has 0 bridgehead atoms. The van der Waals surface area contributed by atoms with Crippen LogP contribution in [0.3, 0.4) is 0 Å². The van der Waals surface area contributed by atoms with Crippen LogP contribution in [0.1, 0.15) is 32.1 Å². The SMILES string of the molecule is O=S(=O)(N1CCCCC1CCl)N(CC(F)(F)F)C1CC1. The summed E-state index contributed by atoms with van der Waals surface area (Å²) in [5, 5.41) is 0. The molecule has 2 fully saturated rings. The molecule has 2 aliphatic rings. The van der Waals surface area contributed by atoms with Gasteiger partial charge in [-0.05, 0) is 25.7 Å². The predicted molar refractivity (Wildman–Crippen MR) is 69.8 cm³/mol. The van der Waals surface area contributed by atoms with Gasteiger partial charge in [0.1, 0.15) is 6.54 Å². The lowest BCUT2D eigenvalue weighted by Crippen LogP contribution is -2.53.